The summed E-state index contributed by atoms with van der Waals surface area (Å²) in [6, 6.07) is 54.5. The molecule has 0 bridgehead atoms. The molecule has 0 unspecified atom stereocenters. The van der Waals surface area contributed by atoms with Gasteiger partial charge in [-0.15, -0.1) is 0 Å². The van der Waals surface area contributed by atoms with Crippen LogP contribution in [0.4, 0.5) is 17.1 Å². The largest absolute Gasteiger partial charge is 0.309 e. The van der Waals surface area contributed by atoms with E-state index < -0.39 is 0 Å². The molecule has 0 aromatic heterocycles. The normalized spacial score (nSPS) is 10.8. The fraction of sp³-hybridized carbons (Fsp3) is 0. The van der Waals surface area contributed by atoms with Gasteiger partial charge in [0.2, 0.25) is 0 Å². The zero-order valence-corrected chi connectivity index (χ0v) is 25.5. The number of anilines is 3. The first-order valence-electron chi connectivity index (χ1n) is 12.9. The lowest BCUT2D eigenvalue weighted by Crippen LogP contribution is -2.11. The highest BCUT2D eigenvalue weighted by molar-refractivity contribution is 15.0. The number of fused-ring (bicyclic) bond motifs is 3. The zero-order valence-electron chi connectivity index (χ0n) is 21.1. The third-order valence-corrected chi connectivity index (χ3v) is 7.19. The van der Waals surface area contributed by atoms with Crippen LogP contribution < -0.4 is 4.90 Å². The van der Waals surface area contributed by atoms with Crippen molar-refractivity contribution in [1.29, 1.82) is 0 Å². The number of rotatable bonds is 4. The highest BCUT2D eigenvalue weighted by atomic mass is 128. The molecule has 188 valence electrons. The second-order valence-corrected chi connectivity index (χ2v) is 9.38. The molecule has 0 N–H and O–H groups in total. The molecule has 0 spiro atoms. The van der Waals surface area contributed by atoms with E-state index in [-0.39, 0.29) is 0 Å². The van der Waals surface area contributed by atoms with Gasteiger partial charge in [0, 0.05) is 59.4 Å². The van der Waals surface area contributed by atoms with Crippen LogP contribution in [0.25, 0.3) is 43.4 Å². The van der Waals surface area contributed by atoms with E-state index in [1.165, 1.54) is 49.1 Å². The van der Waals surface area contributed by atoms with Crippen LogP contribution in [-0.4, -0.2) is 0 Å². The number of hydrogen-bond acceptors (Lipinski definition) is 1. The number of nitrogens with zero attached hydrogens (tertiary/aromatic N) is 1. The van der Waals surface area contributed by atoms with Crippen LogP contribution >= 0.6 is 37.2 Å². The summed E-state index contributed by atoms with van der Waals surface area (Å²) in [5, 5.41) is 7.45. The summed E-state index contributed by atoms with van der Waals surface area (Å²) in [5.74, 6) is 0. The van der Waals surface area contributed by atoms with Crippen molar-refractivity contribution in [1.82, 2.24) is 0 Å². The Bertz CT molecular complexity index is 1830. The van der Waals surface area contributed by atoms with Gasteiger partial charge in [-0.25, -0.2) is 0 Å². The number of para-hydroxylation sites is 1. The summed E-state index contributed by atoms with van der Waals surface area (Å²) in [7, 11) is 0. The third kappa shape index (κ3) is 4.90. The molecule has 0 aliphatic heterocycles. The first kappa shape index (κ1) is 25.8. The molecule has 0 saturated carbocycles. The Balaban J connectivity index is 0.00000135. The van der Waals surface area contributed by atoms with Crippen LogP contribution in [0.15, 0.2) is 152 Å². The minimum atomic E-state index is 1.14. The minimum Gasteiger partial charge on any atom is -0.309 e. The fourth-order valence-electron chi connectivity index (χ4n) is 5.56. The first-order chi connectivity index (χ1) is 19.4. The quantitative estimate of drug-likeness (QED) is 0.129. The topological polar surface area (TPSA) is 3.24 Å². The molecule has 0 amide bonds. The minimum absolute atomic E-state index is 1.14. The Kier molecular flexibility index (Phi) is 7.79. The van der Waals surface area contributed by atoms with Gasteiger partial charge in [0.15, 0.2) is 0 Å². The van der Waals surface area contributed by atoms with Crippen molar-refractivity contribution in [2.24, 2.45) is 0 Å². The van der Waals surface area contributed by atoms with Crippen molar-refractivity contribution >= 4 is 86.6 Å². The summed E-state index contributed by atoms with van der Waals surface area (Å²) in [5.41, 5.74) is 6.00. The van der Waals surface area contributed by atoms with Crippen molar-refractivity contribution in [2.75, 3.05) is 4.90 Å². The fourth-order valence-corrected chi connectivity index (χ4v) is 5.56. The van der Waals surface area contributed by atoms with Gasteiger partial charge in [0.25, 0.3) is 0 Å². The Hall–Kier alpha value is -3.42. The molecule has 0 atom stereocenters. The molecule has 0 radical (unpaired) electrons. The average molecular weight is 725 g/mol. The van der Waals surface area contributed by atoms with E-state index in [2.05, 4.69) is 194 Å². The van der Waals surface area contributed by atoms with Gasteiger partial charge in [-0.3, -0.25) is 0 Å². The molecule has 7 aromatic rings. The Labute approximate surface area is 252 Å². The van der Waals surface area contributed by atoms with Crippen molar-refractivity contribution < 1.29 is 0 Å². The highest BCUT2D eigenvalue weighted by Gasteiger charge is 2.21. The number of hydrogen-bond donors (Lipinski definition) is 0. The van der Waals surface area contributed by atoms with Gasteiger partial charge in [0.05, 0.1) is 5.69 Å². The van der Waals surface area contributed by atoms with E-state index in [9.17, 15) is 0 Å². The van der Waals surface area contributed by atoms with E-state index >= 15 is 0 Å². The predicted octanol–water partition coefficient (Wildman–Crippen LogP) is 12.1. The van der Waals surface area contributed by atoms with Crippen LogP contribution in [0, 0.1) is 0 Å². The third-order valence-electron chi connectivity index (χ3n) is 7.19. The van der Waals surface area contributed by atoms with Crippen molar-refractivity contribution in [2.45, 2.75) is 0 Å². The first-order valence-corrected chi connectivity index (χ1v) is 19.1. The van der Waals surface area contributed by atoms with Gasteiger partial charge in [0.1, 0.15) is 0 Å². The SMILES string of the molecule is II.c1ccc(-c2c3ccccc3c(N(c3ccccc3)c3ccc4ccccc4c3)c3ccccc23)cc1. The lowest BCUT2D eigenvalue weighted by molar-refractivity contribution is 1.32. The molecule has 3 heteroatoms. The number of halogens is 2. The second-order valence-electron chi connectivity index (χ2n) is 9.38. The zero-order chi connectivity index (χ0) is 26.6. The Morgan fingerprint density at radius 3 is 1.49 bits per heavy atom. The molecule has 0 aliphatic rings. The van der Waals surface area contributed by atoms with Crippen LogP contribution in [0.1, 0.15) is 0 Å². The standard InChI is InChI=1S/C36H25N.I2/c1-3-14-27(15-4-1)35-31-19-9-11-21-33(31)36(34-22-12-10-20-32(34)35)37(29-17-5-2-6-18-29)30-24-23-26-13-7-8-16-28(26)25-30;1-2/h1-25H;. The monoisotopic (exact) mass is 725 g/mol. The second kappa shape index (κ2) is 11.8. The van der Waals surface area contributed by atoms with Gasteiger partial charge >= 0.3 is 0 Å². The summed E-state index contributed by atoms with van der Waals surface area (Å²) >= 11 is 4.24. The van der Waals surface area contributed by atoms with Gasteiger partial charge in [-0.1, -0.05) is 127 Å². The molecule has 7 aromatic carbocycles. The smallest absolute Gasteiger partial charge is 0.0618 e. The maximum absolute atomic E-state index is 2.42. The predicted molar refractivity (Wildman–Crippen MR) is 187 cm³/mol. The lowest BCUT2D eigenvalue weighted by atomic mass is 9.90. The molecular formula is C36H25I2N. The van der Waals surface area contributed by atoms with Crippen LogP contribution in [-0.2, 0) is 0 Å². The van der Waals surface area contributed by atoms with E-state index in [1.54, 1.807) is 0 Å². The Morgan fingerprint density at radius 2 is 0.872 bits per heavy atom. The summed E-state index contributed by atoms with van der Waals surface area (Å²) in [6.45, 7) is 0. The Morgan fingerprint density at radius 1 is 0.385 bits per heavy atom. The molecule has 7 rings (SSSR count). The van der Waals surface area contributed by atoms with E-state index in [0.717, 1.165) is 11.4 Å². The van der Waals surface area contributed by atoms with Crippen LogP contribution in [0.3, 0.4) is 0 Å². The lowest BCUT2D eigenvalue weighted by Gasteiger charge is -2.29. The van der Waals surface area contributed by atoms with Crippen LogP contribution in [0.5, 0.6) is 0 Å². The van der Waals surface area contributed by atoms with E-state index in [4.69, 9.17) is 0 Å². The summed E-state index contributed by atoms with van der Waals surface area (Å²) < 4.78 is 0. The maximum atomic E-state index is 2.42. The van der Waals surface area contributed by atoms with Crippen molar-refractivity contribution in [3.8, 4) is 11.1 Å². The molecule has 0 aliphatic carbocycles. The highest BCUT2D eigenvalue weighted by Crippen LogP contribution is 2.48. The van der Waals surface area contributed by atoms with E-state index in [1.807, 2.05) is 0 Å². The molecular weight excluding hydrogens is 700 g/mol. The average Bonchev–Trinajstić information content (AvgIpc) is 3.03. The van der Waals surface area contributed by atoms with Crippen molar-refractivity contribution in [3.05, 3.63) is 152 Å². The van der Waals surface area contributed by atoms with E-state index in [0.29, 0.717) is 0 Å². The molecule has 1 nitrogen and oxygen atoms in total. The van der Waals surface area contributed by atoms with Gasteiger partial charge in [-0.05, 0) is 56.9 Å². The molecule has 0 saturated heterocycles. The number of benzene rings is 7. The van der Waals surface area contributed by atoms with Gasteiger partial charge in [-0.2, -0.15) is 0 Å². The molecule has 0 heterocycles. The van der Waals surface area contributed by atoms with Gasteiger partial charge < -0.3 is 4.90 Å². The molecule has 0 fully saturated rings. The van der Waals surface area contributed by atoms with Crippen molar-refractivity contribution in [3.63, 3.8) is 0 Å². The summed E-state index contributed by atoms with van der Waals surface area (Å²) in [4.78, 5) is 2.42. The molecule has 39 heavy (non-hydrogen) atoms. The van der Waals surface area contributed by atoms with Crippen LogP contribution in [0.2, 0.25) is 0 Å². The maximum Gasteiger partial charge on any atom is 0.0618 e. The summed E-state index contributed by atoms with van der Waals surface area (Å²) in [6.07, 6.45) is 0.